The molecule has 1 atom stereocenters. The van der Waals surface area contributed by atoms with E-state index in [9.17, 15) is 13.2 Å². The van der Waals surface area contributed by atoms with E-state index in [1.165, 1.54) is 6.20 Å². The maximum atomic E-state index is 12.8. The average Bonchev–Trinajstić information content (AvgIpc) is 2.87. The van der Waals surface area contributed by atoms with Crippen molar-refractivity contribution < 1.29 is 13.2 Å². The molecular formula is C14H20F3N3. The second-order valence-electron chi connectivity index (χ2n) is 5.44. The molecule has 2 rings (SSSR count). The molecule has 3 nitrogen and oxygen atoms in total. The smallest absolute Gasteiger partial charge is 0.353 e. The summed E-state index contributed by atoms with van der Waals surface area (Å²) in [4.78, 5) is 6.04. The van der Waals surface area contributed by atoms with Crippen LogP contribution in [0.2, 0.25) is 0 Å². The summed E-state index contributed by atoms with van der Waals surface area (Å²) in [5, 5.41) is 3.36. The minimum atomic E-state index is -4.33. The molecule has 0 aromatic carbocycles. The Morgan fingerprint density at radius 1 is 1.45 bits per heavy atom. The highest BCUT2D eigenvalue weighted by Gasteiger charge is 2.31. The molecule has 1 aromatic heterocycles. The number of aromatic nitrogens is 1. The Balaban J connectivity index is 2.20. The summed E-state index contributed by atoms with van der Waals surface area (Å²) >= 11 is 0. The van der Waals surface area contributed by atoms with Gasteiger partial charge in [-0.15, -0.1) is 0 Å². The average molecular weight is 287 g/mol. The predicted molar refractivity (Wildman–Crippen MR) is 72.7 cm³/mol. The molecule has 0 spiro atoms. The van der Waals surface area contributed by atoms with Crippen LogP contribution in [-0.4, -0.2) is 30.2 Å². The molecule has 1 fully saturated rings. The van der Waals surface area contributed by atoms with Crippen LogP contribution < -0.4 is 10.2 Å². The molecule has 1 saturated heterocycles. The lowest BCUT2D eigenvalue weighted by molar-refractivity contribution is -0.137. The molecule has 6 heteroatoms. The topological polar surface area (TPSA) is 28.2 Å². The molecule has 0 radical (unpaired) electrons. The maximum absolute atomic E-state index is 12.8. The molecule has 1 aliphatic rings. The third kappa shape index (κ3) is 3.62. The second-order valence-corrected chi connectivity index (χ2v) is 5.44. The number of halogens is 3. The summed E-state index contributed by atoms with van der Waals surface area (Å²) in [6.07, 6.45) is -0.920. The van der Waals surface area contributed by atoms with Crippen molar-refractivity contribution in [2.24, 2.45) is 0 Å². The molecule has 112 valence electrons. The van der Waals surface area contributed by atoms with Crippen LogP contribution in [0.15, 0.2) is 18.3 Å². The highest BCUT2D eigenvalue weighted by molar-refractivity contribution is 5.43. The van der Waals surface area contributed by atoms with E-state index >= 15 is 0 Å². The number of pyridine rings is 1. The van der Waals surface area contributed by atoms with Gasteiger partial charge in [-0.05, 0) is 45.4 Å². The fourth-order valence-electron chi connectivity index (χ4n) is 2.47. The van der Waals surface area contributed by atoms with Gasteiger partial charge in [-0.2, -0.15) is 13.2 Å². The molecular weight excluding hydrogens is 267 g/mol. The van der Waals surface area contributed by atoms with Crippen LogP contribution in [0.4, 0.5) is 19.0 Å². The zero-order valence-corrected chi connectivity index (χ0v) is 11.7. The maximum Gasteiger partial charge on any atom is 0.416 e. The third-order valence-electron chi connectivity index (χ3n) is 3.57. The normalized spacial score (nSPS) is 19.6. The molecule has 0 aliphatic carbocycles. The zero-order chi connectivity index (χ0) is 14.8. The first kappa shape index (κ1) is 15.1. The van der Waals surface area contributed by atoms with Crippen molar-refractivity contribution in [3.63, 3.8) is 0 Å². The van der Waals surface area contributed by atoms with Crippen LogP contribution >= 0.6 is 0 Å². The van der Waals surface area contributed by atoms with E-state index in [4.69, 9.17) is 0 Å². The summed E-state index contributed by atoms with van der Waals surface area (Å²) in [6.45, 7) is 5.60. The second kappa shape index (κ2) is 5.99. The molecule has 1 aromatic rings. The Morgan fingerprint density at radius 3 is 2.75 bits per heavy atom. The number of nitrogens with zero attached hydrogens (tertiary/aromatic N) is 2. The van der Waals surface area contributed by atoms with E-state index in [-0.39, 0.29) is 6.04 Å². The van der Waals surface area contributed by atoms with Crippen molar-refractivity contribution in [1.29, 1.82) is 0 Å². The van der Waals surface area contributed by atoms with Crippen LogP contribution in [0.3, 0.4) is 0 Å². The molecule has 1 aliphatic heterocycles. The van der Waals surface area contributed by atoms with Gasteiger partial charge in [0.05, 0.1) is 5.56 Å². The van der Waals surface area contributed by atoms with E-state index in [0.29, 0.717) is 18.4 Å². The van der Waals surface area contributed by atoms with Gasteiger partial charge in [-0.3, -0.25) is 0 Å². The Bertz CT molecular complexity index is 440. The van der Waals surface area contributed by atoms with Gasteiger partial charge in [-0.1, -0.05) is 0 Å². The van der Waals surface area contributed by atoms with Gasteiger partial charge in [0.25, 0.3) is 0 Å². The van der Waals surface area contributed by atoms with Gasteiger partial charge in [-0.25, -0.2) is 4.98 Å². The third-order valence-corrected chi connectivity index (χ3v) is 3.57. The number of rotatable bonds is 4. The minimum Gasteiger partial charge on any atom is -0.353 e. The van der Waals surface area contributed by atoms with Gasteiger partial charge in [0, 0.05) is 24.8 Å². The standard InChI is InChI=1S/C14H20F3N3/c1-10(2)20(9-12-4-3-6-18-12)13-8-11(5-7-19-13)14(15,16)17/h5,7-8,10,12,18H,3-4,6,9H2,1-2H3. The van der Waals surface area contributed by atoms with Crippen molar-refractivity contribution in [2.75, 3.05) is 18.0 Å². The van der Waals surface area contributed by atoms with Crippen molar-refractivity contribution >= 4 is 5.82 Å². The van der Waals surface area contributed by atoms with Gasteiger partial charge >= 0.3 is 6.18 Å². The first-order valence-corrected chi connectivity index (χ1v) is 6.91. The summed E-state index contributed by atoms with van der Waals surface area (Å²) in [6, 6.07) is 2.58. The van der Waals surface area contributed by atoms with E-state index in [1.807, 2.05) is 18.7 Å². The van der Waals surface area contributed by atoms with E-state index < -0.39 is 11.7 Å². The SMILES string of the molecule is CC(C)N(CC1CCCN1)c1cc(C(F)(F)F)ccn1. The van der Waals surface area contributed by atoms with Gasteiger partial charge in [0.2, 0.25) is 0 Å². The van der Waals surface area contributed by atoms with Crippen LogP contribution in [0.1, 0.15) is 32.3 Å². The Kier molecular flexibility index (Phi) is 4.52. The molecule has 1 unspecified atom stereocenters. The quantitative estimate of drug-likeness (QED) is 0.922. The number of alkyl halides is 3. The monoisotopic (exact) mass is 287 g/mol. The number of nitrogens with one attached hydrogen (secondary N) is 1. The molecule has 0 saturated carbocycles. The lowest BCUT2D eigenvalue weighted by atomic mass is 10.1. The number of hydrogen-bond acceptors (Lipinski definition) is 3. The van der Waals surface area contributed by atoms with E-state index in [1.54, 1.807) is 0 Å². The fraction of sp³-hybridized carbons (Fsp3) is 0.643. The summed E-state index contributed by atoms with van der Waals surface area (Å²) < 4.78 is 38.3. The van der Waals surface area contributed by atoms with E-state index in [2.05, 4.69) is 10.3 Å². The van der Waals surface area contributed by atoms with Crippen LogP contribution in [-0.2, 0) is 6.18 Å². The molecule has 20 heavy (non-hydrogen) atoms. The first-order chi connectivity index (χ1) is 9.38. The Labute approximate surface area is 117 Å². The minimum absolute atomic E-state index is 0.105. The highest BCUT2D eigenvalue weighted by atomic mass is 19.4. The van der Waals surface area contributed by atoms with Crippen LogP contribution in [0.25, 0.3) is 0 Å². The van der Waals surface area contributed by atoms with Gasteiger partial charge in [0.1, 0.15) is 5.82 Å². The highest BCUT2D eigenvalue weighted by Crippen LogP contribution is 2.31. The molecule has 0 bridgehead atoms. The Morgan fingerprint density at radius 2 is 2.20 bits per heavy atom. The van der Waals surface area contributed by atoms with Crippen molar-refractivity contribution in [1.82, 2.24) is 10.3 Å². The predicted octanol–water partition coefficient (Wildman–Crippen LogP) is 3.07. The lowest BCUT2D eigenvalue weighted by Gasteiger charge is -2.31. The summed E-state index contributed by atoms with van der Waals surface area (Å²) in [5.41, 5.74) is -0.646. The fourth-order valence-corrected chi connectivity index (χ4v) is 2.47. The summed E-state index contributed by atoms with van der Waals surface area (Å²) in [5.74, 6) is 0.392. The van der Waals surface area contributed by atoms with Crippen molar-refractivity contribution in [3.05, 3.63) is 23.9 Å². The van der Waals surface area contributed by atoms with Crippen molar-refractivity contribution in [3.8, 4) is 0 Å². The van der Waals surface area contributed by atoms with E-state index in [0.717, 1.165) is 31.5 Å². The molecule has 1 N–H and O–H groups in total. The number of anilines is 1. The van der Waals surface area contributed by atoms with Crippen molar-refractivity contribution in [2.45, 2.75) is 44.9 Å². The lowest BCUT2D eigenvalue weighted by Crippen LogP contribution is -2.41. The Hall–Kier alpha value is -1.30. The summed E-state index contributed by atoms with van der Waals surface area (Å²) in [7, 11) is 0. The zero-order valence-electron chi connectivity index (χ0n) is 11.7. The molecule has 0 amide bonds. The van der Waals surface area contributed by atoms with Gasteiger partial charge < -0.3 is 10.2 Å². The first-order valence-electron chi connectivity index (χ1n) is 6.91. The van der Waals surface area contributed by atoms with Gasteiger partial charge in [0.15, 0.2) is 0 Å². The van der Waals surface area contributed by atoms with Crippen LogP contribution in [0, 0.1) is 0 Å². The largest absolute Gasteiger partial charge is 0.416 e. The molecule has 2 heterocycles. The number of hydrogen-bond donors (Lipinski definition) is 1. The van der Waals surface area contributed by atoms with Crippen LogP contribution in [0.5, 0.6) is 0 Å².